The average Bonchev–Trinajstić information content (AvgIpc) is 3.47. The number of aromatic nitrogens is 3. The molecule has 1 N–H and O–H groups in total. The summed E-state index contributed by atoms with van der Waals surface area (Å²) in [5.74, 6) is -0.548. The molecule has 144 valence electrons. The molecule has 0 saturated carbocycles. The molecular formula is C19H18FN5O2S. The van der Waals surface area contributed by atoms with Crippen molar-refractivity contribution in [3.8, 4) is 16.4 Å². The van der Waals surface area contributed by atoms with E-state index in [1.807, 2.05) is 17.5 Å². The standard InChI is InChI=1S/C19H18FN5O2S/c20-13-5-7-14(8-6-13)25-18(15-4-3-11-28-15)22-17(23-25)19(27)21-12-16(26)24-9-1-2-10-24/h3-8,11H,1-2,9-10,12H2,(H,21,27). The Bertz CT molecular complexity index is 978. The SMILES string of the molecule is O=C(NCC(=O)N1CCCC1)c1nc(-c2cccs2)n(-c2ccc(F)cc2)n1. The Morgan fingerprint density at radius 3 is 2.57 bits per heavy atom. The van der Waals surface area contributed by atoms with Crippen LogP contribution in [-0.4, -0.2) is 51.1 Å². The summed E-state index contributed by atoms with van der Waals surface area (Å²) in [5, 5.41) is 8.79. The van der Waals surface area contributed by atoms with Gasteiger partial charge in [0.1, 0.15) is 5.82 Å². The van der Waals surface area contributed by atoms with Crippen LogP contribution in [0, 0.1) is 5.82 Å². The number of nitrogens with one attached hydrogen (secondary N) is 1. The zero-order valence-corrected chi connectivity index (χ0v) is 15.8. The van der Waals surface area contributed by atoms with E-state index >= 15 is 0 Å². The van der Waals surface area contributed by atoms with Crippen molar-refractivity contribution in [3.05, 3.63) is 53.4 Å². The topological polar surface area (TPSA) is 80.1 Å². The third-order valence-electron chi connectivity index (χ3n) is 4.48. The molecule has 2 aromatic heterocycles. The summed E-state index contributed by atoms with van der Waals surface area (Å²) < 4.78 is 14.8. The largest absolute Gasteiger partial charge is 0.341 e. The van der Waals surface area contributed by atoms with Gasteiger partial charge in [0, 0.05) is 13.1 Å². The second kappa shape index (κ2) is 7.89. The molecule has 0 spiro atoms. The van der Waals surface area contributed by atoms with Crippen LogP contribution in [0.15, 0.2) is 41.8 Å². The van der Waals surface area contributed by atoms with Crippen LogP contribution in [0.4, 0.5) is 4.39 Å². The van der Waals surface area contributed by atoms with Gasteiger partial charge in [0.15, 0.2) is 5.82 Å². The Hall–Kier alpha value is -3.07. The van der Waals surface area contributed by atoms with E-state index in [-0.39, 0.29) is 24.1 Å². The van der Waals surface area contributed by atoms with Gasteiger partial charge < -0.3 is 10.2 Å². The number of likely N-dealkylation sites (tertiary alicyclic amines) is 1. The third kappa shape index (κ3) is 3.79. The van der Waals surface area contributed by atoms with Crippen molar-refractivity contribution in [1.82, 2.24) is 25.0 Å². The molecule has 0 unspecified atom stereocenters. The number of hydrogen-bond donors (Lipinski definition) is 1. The lowest BCUT2D eigenvalue weighted by atomic mass is 10.3. The summed E-state index contributed by atoms with van der Waals surface area (Å²) in [6.45, 7) is 1.38. The summed E-state index contributed by atoms with van der Waals surface area (Å²) in [5.41, 5.74) is 0.587. The van der Waals surface area contributed by atoms with Crippen molar-refractivity contribution in [2.45, 2.75) is 12.8 Å². The summed E-state index contributed by atoms with van der Waals surface area (Å²) >= 11 is 1.46. The maximum absolute atomic E-state index is 13.3. The Morgan fingerprint density at radius 2 is 1.89 bits per heavy atom. The van der Waals surface area contributed by atoms with Gasteiger partial charge in [-0.1, -0.05) is 6.07 Å². The molecular weight excluding hydrogens is 381 g/mol. The number of thiophene rings is 1. The van der Waals surface area contributed by atoms with Gasteiger partial charge in [-0.25, -0.2) is 14.1 Å². The number of benzene rings is 1. The van der Waals surface area contributed by atoms with Gasteiger partial charge >= 0.3 is 0 Å². The Balaban J connectivity index is 1.57. The maximum atomic E-state index is 13.3. The van der Waals surface area contributed by atoms with Crippen LogP contribution < -0.4 is 5.32 Å². The average molecular weight is 399 g/mol. The molecule has 9 heteroatoms. The van der Waals surface area contributed by atoms with Gasteiger partial charge in [-0.05, 0) is 48.6 Å². The molecule has 0 atom stereocenters. The first kappa shape index (κ1) is 18.3. The Kier molecular flexibility index (Phi) is 5.16. The zero-order valence-electron chi connectivity index (χ0n) is 15.0. The highest BCUT2D eigenvalue weighted by molar-refractivity contribution is 7.13. The van der Waals surface area contributed by atoms with Gasteiger partial charge in [0.25, 0.3) is 5.91 Å². The first-order chi connectivity index (χ1) is 13.6. The van der Waals surface area contributed by atoms with E-state index in [0.29, 0.717) is 11.5 Å². The lowest BCUT2D eigenvalue weighted by Gasteiger charge is -2.14. The van der Waals surface area contributed by atoms with Gasteiger partial charge in [0.2, 0.25) is 11.7 Å². The highest BCUT2D eigenvalue weighted by Gasteiger charge is 2.22. The number of carbonyl (C=O) groups excluding carboxylic acids is 2. The van der Waals surface area contributed by atoms with E-state index in [9.17, 15) is 14.0 Å². The van der Waals surface area contributed by atoms with Gasteiger partial charge in [0.05, 0.1) is 17.1 Å². The van der Waals surface area contributed by atoms with Crippen molar-refractivity contribution >= 4 is 23.2 Å². The van der Waals surface area contributed by atoms with Crippen molar-refractivity contribution in [2.24, 2.45) is 0 Å². The number of nitrogens with zero attached hydrogens (tertiary/aromatic N) is 4. The van der Waals surface area contributed by atoms with Crippen LogP contribution in [0.5, 0.6) is 0 Å². The number of rotatable bonds is 5. The Labute approximate surface area is 164 Å². The van der Waals surface area contributed by atoms with E-state index in [1.165, 1.54) is 28.2 Å². The van der Waals surface area contributed by atoms with Gasteiger partial charge in [-0.3, -0.25) is 9.59 Å². The van der Waals surface area contributed by atoms with Crippen LogP contribution in [0.3, 0.4) is 0 Å². The molecule has 1 aliphatic rings. The fraction of sp³-hybridized carbons (Fsp3) is 0.263. The van der Waals surface area contributed by atoms with Crippen molar-refractivity contribution in [1.29, 1.82) is 0 Å². The van der Waals surface area contributed by atoms with Gasteiger partial charge in [-0.2, -0.15) is 0 Å². The molecule has 4 rings (SSSR count). The highest BCUT2D eigenvalue weighted by atomic mass is 32.1. The van der Waals surface area contributed by atoms with Gasteiger partial charge in [-0.15, -0.1) is 16.4 Å². The van der Waals surface area contributed by atoms with Crippen molar-refractivity contribution in [3.63, 3.8) is 0 Å². The van der Waals surface area contributed by atoms with E-state index in [0.717, 1.165) is 30.8 Å². The van der Waals surface area contributed by atoms with Crippen molar-refractivity contribution < 1.29 is 14.0 Å². The van der Waals surface area contributed by atoms with Crippen LogP contribution >= 0.6 is 11.3 Å². The van der Waals surface area contributed by atoms with E-state index in [4.69, 9.17) is 0 Å². The molecule has 1 aromatic carbocycles. The normalized spacial score (nSPS) is 13.7. The number of carbonyl (C=O) groups is 2. The maximum Gasteiger partial charge on any atom is 0.291 e. The first-order valence-corrected chi connectivity index (χ1v) is 9.82. The summed E-state index contributed by atoms with van der Waals surface area (Å²) in [4.78, 5) is 31.6. The molecule has 3 heterocycles. The first-order valence-electron chi connectivity index (χ1n) is 8.94. The molecule has 1 aliphatic heterocycles. The summed E-state index contributed by atoms with van der Waals surface area (Å²) in [7, 11) is 0. The minimum absolute atomic E-state index is 0.0399. The van der Waals surface area contributed by atoms with Crippen LogP contribution in [0.1, 0.15) is 23.5 Å². The number of hydrogen-bond acceptors (Lipinski definition) is 5. The molecule has 1 saturated heterocycles. The smallest absolute Gasteiger partial charge is 0.291 e. The molecule has 28 heavy (non-hydrogen) atoms. The van der Waals surface area contributed by atoms with Crippen LogP contribution in [0.25, 0.3) is 16.4 Å². The second-order valence-corrected chi connectivity index (χ2v) is 7.34. The lowest BCUT2D eigenvalue weighted by Crippen LogP contribution is -2.39. The molecule has 0 aliphatic carbocycles. The second-order valence-electron chi connectivity index (χ2n) is 6.40. The summed E-state index contributed by atoms with van der Waals surface area (Å²) in [6.07, 6.45) is 1.99. The predicted octanol–water partition coefficient (Wildman–Crippen LogP) is 2.49. The minimum atomic E-state index is -0.522. The molecule has 7 nitrogen and oxygen atoms in total. The molecule has 0 radical (unpaired) electrons. The fourth-order valence-corrected chi connectivity index (χ4v) is 3.75. The molecule has 2 amide bonds. The third-order valence-corrected chi connectivity index (χ3v) is 5.35. The fourth-order valence-electron chi connectivity index (χ4n) is 3.05. The quantitative estimate of drug-likeness (QED) is 0.715. The van der Waals surface area contributed by atoms with Crippen LogP contribution in [-0.2, 0) is 4.79 Å². The zero-order chi connectivity index (χ0) is 19.5. The van der Waals surface area contributed by atoms with Crippen molar-refractivity contribution in [2.75, 3.05) is 19.6 Å². The lowest BCUT2D eigenvalue weighted by molar-refractivity contribution is -0.129. The van der Waals surface area contributed by atoms with E-state index in [1.54, 1.807) is 17.0 Å². The van der Waals surface area contributed by atoms with Crippen LogP contribution in [0.2, 0.25) is 0 Å². The number of halogens is 1. The molecule has 0 bridgehead atoms. The predicted molar refractivity (Wildman–Crippen MR) is 103 cm³/mol. The Morgan fingerprint density at radius 1 is 1.14 bits per heavy atom. The van der Waals surface area contributed by atoms with E-state index in [2.05, 4.69) is 15.4 Å². The minimum Gasteiger partial charge on any atom is -0.341 e. The number of amides is 2. The monoisotopic (exact) mass is 399 g/mol. The van der Waals surface area contributed by atoms with E-state index < -0.39 is 5.91 Å². The highest BCUT2D eigenvalue weighted by Crippen LogP contribution is 2.25. The molecule has 1 fully saturated rings. The summed E-state index contributed by atoms with van der Waals surface area (Å²) in [6, 6.07) is 9.53. The molecule has 3 aromatic rings.